The SMILES string of the molecule is CCOC(=O)c1ccccc1S(=O)(=O)N1C2CCC1C(C(=O)O)C2. The molecule has 2 saturated heterocycles. The van der Waals surface area contributed by atoms with Gasteiger partial charge >= 0.3 is 11.9 Å². The fraction of sp³-hybridized carbons (Fsp3) is 0.500. The Kier molecular flexibility index (Phi) is 4.35. The van der Waals surface area contributed by atoms with Crippen LogP contribution in [0.4, 0.5) is 0 Å². The maximum Gasteiger partial charge on any atom is 0.339 e. The van der Waals surface area contributed by atoms with Crippen LogP contribution in [0, 0.1) is 5.92 Å². The molecule has 8 heteroatoms. The van der Waals surface area contributed by atoms with Gasteiger partial charge in [-0.3, -0.25) is 4.79 Å². The lowest BCUT2D eigenvalue weighted by atomic mass is 9.89. The van der Waals surface area contributed by atoms with Gasteiger partial charge in [0.05, 0.1) is 23.0 Å². The van der Waals surface area contributed by atoms with Crippen LogP contribution < -0.4 is 0 Å². The molecule has 2 bridgehead atoms. The fourth-order valence-electron chi connectivity index (χ4n) is 3.76. The molecule has 2 aliphatic heterocycles. The van der Waals surface area contributed by atoms with Gasteiger partial charge in [-0.05, 0) is 38.3 Å². The van der Waals surface area contributed by atoms with Crippen molar-refractivity contribution in [2.75, 3.05) is 6.61 Å². The number of carbonyl (C=O) groups is 2. The molecule has 3 atom stereocenters. The van der Waals surface area contributed by atoms with Crippen LogP contribution in [0.5, 0.6) is 0 Å². The van der Waals surface area contributed by atoms with Crippen LogP contribution in [0.2, 0.25) is 0 Å². The topological polar surface area (TPSA) is 101 Å². The summed E-state index contributed by atoms with van der Waals surface area (Å²) in [6, 6.07) is 5.03. The van der Waals surface area contributed by atoms with E-state index < -0.39 is 33.9 Å². The second kappa shape index (κ2) is 6.18. The Hall–Kier alpha value is -1.93. The van der Waals surface area contributed by atoms with Crippen LogP contribution in [0.25, 0.3) is 0 Å². The number of sulfonamides is 1. The van der Waals surface area contributed by atoms with Gasteiger partial charge in [0.1, 0.15) is 0 Å². The summed E-state index contributed by atoms with van der Waals surface area (Å²) in [7, 11) is -3.97. The van der Waals surface area contributed by atoms with Crippen molar-refractivity contribution in [3.63, 3.8) is 0 Å². The molecule has 2 heterocycles. The van der Waals surface area contributed by atoms with Crippen LogP contribution >= 0.6 is 0 Å². The normalized spacial score (nSPS) is 26.5. The highest BCUT2D eigenvalue weighted by molar-refractivity contribution is 7.89. The number of fused-ring (bicyclic) bond motifs is 2. The van der Waals surface area contributed by atoms with E-state index in [4.69, 9.17) is 4.74 Å². The smallest absolute Gasteiger partial charge is 0.339 e. The molecule has 3 rings (SSSR count). The van der Waals surface area contributed by atoms with Gasteiger partial charge in [0, 0.05) is 12.1 Å². The Labute approximate surface area is 140 Å². The number of esters is 1. The number of aliphatic carboxylic acids is 1. The van der Waals surface area contributed by atoms with E-state index in [0.29, 0.717) is 19.3 Å². The molecule has 0 saturated carbocycles. The lowest BCUT2D eigenvalue weighted by Gasteiger charge is -2.23. The molecule has 3 unspecified atom stereocenters. The molecular weight excluding hydrogens is 334 g/mol. The predicted octanol–water partition coefficient (Wildman–Crippen LogP) is 1.49. The zero-order chi connectivity index (χ0) is 17.5. The lowest BCUT2D eigenvalue weighted by molar-refractivity contribution is -0.142. The largest absolute Gasteiger partial charge is 0.481 e. The first kappa shape index (κ1) is 16.9. The molecule has 0 spiro atoms. The van der Waals surface area contributed by atoms with Gasteiger partial charge in [0.2, 0.25) is 10.0 Å². The average molecular weight is 353 g/mol. The third-order valence-corrected chi connectivity index (χ3v) is 6.76. The van der Waals surface area contributed by atoms with Crippen molar-refractivity contribution in [2.45, 2.75) is 43.2 Å². The molecule has 130 valence electrons. The molecule has 1 N–H and O–H groups in total. The van der Waals surface area contributed by atoms with E-state index in [2.05, 4.69) is 0 Å². The number of ether oxygens (including phenoxy) is 1. The first-order valence-electron chi connectivity index (χ1n) is 7.90. The summed E-state index contributed by atoms with van der Waals surface area (Å²) >= 11 is 0. The second-order valence-corrected chi connectivity index (χ2v) is 7.84. The fourth-order valence-corrected chi connectivity index (χ4v) is 5.86. The molecule has 7 nitrogen and oxygen atoms in total. The number of carbonyl (C=O) groups excluding carboxylic acids is 1. The summed E-state index contributed by atoms with van der Waals surface area (Å²) in [5, 5.41) is 9.31. The van der Waals surface area contributed by atoms with Crippen molar-refractivity contribution in [1.29, 1.82) is 0 Å². The summed E-state index contributed by atoms with van der Waals surface area (Å²) in [5.41, 5.74) is -0.0162. The summed E-state index contributed by atoms with van der Waals surface area (Å²) in [6.45, 7) is 1.79. The Morgan fingerprint density at radius 1 is 1.29 bits per heavy atom. The molecule has 24 heavy (non-hydrogen) atoms. The van der Waals surface area contributed by atoms with Gasteiger partial charge in [0.25, 0.3) is 0 Å². The highest BCUT2D eigenvalue weighted by atomic mass is 32.2. The molecule has 0 radical (unpaired) electrons. The summed E-state index contributed by atoms with van der Waals surface area (Å²) in [6.07, 6.45) is 1.50. The minimum Gasteiger partial charge on any atom is -0.481 e. The van der Waals surface area contributed by atoms with Crippen molar-refractivity contribution in [2.24, 2.45) is 5.92 Å². The van der Waals surface area contributed by atoms with Crippen molar-refractivity contribution in [3.8, 4) is 0 Å². The molecular formula is C16H19NO6S. The lowest BCUT2D eigenvalue weighted by Crippen LogP contribution is -2.38. The van der Waals surface area contributed by atoms with E-state index in [1.807, 2.05) is 0 Å². The number of nitrogens with zero attached hydrogens (tertiary/aromatic N) is 1. The van der Waals surface area contributed by atoms with Gasteiger partial charge in [-0.15, -0.1) is 0 Å². The number of carboxylic acid groups (broad SMARTS) is 1. The minimum atomic E-state index is -3.97. The minimum absolute atomic E-state index is 0.0162. The van der Waals surface area contributed by atoms with Crippen LogP contribution in [0.15, 0.2) is 29.2 Å². The Morgan fingerprint density at radius 2 is 2.00 bits per heavy atom. The van der Waals surface area contributed by atoms with E-state index >= 15 is 0 Å². The number of rotatable bonds is 5. The van der Waals surface area contributed by atoms with Crippen molar-refractivity contribution >= 4 is 22.0 Å². The molecule has 0 amide bonds. The monoisotopic (exact) mass is 353 g/mol. The third kappa shape index (κ3) is 2.59. The zero-order valence-electron chi connectivity index (χ0n) is 13.2. The highest BCUT2D eigenvalue weighted by Gasteiger charge is 2.54. The standard InChI is InChI=1S/C16H19NO6S/c1-2-23-16(20)11-5-3-4-6-14(11)24(21,22)17-10-7-8-13(17)12(9-10)15(18)19/h3-6,10,12-13H,2,7-9H2,1H3,(H,18,19). The van der Waals surface area contributed by atoms with Crippen LogP contribution in [0.3, 0.4) is 0 Å². The van der Waals surface area contributed by atoms with Gasteiger partial charge < -0.3 is 9.84 Å². The van der Waals surface area contributed by atoms with E-state index in [0.717, 1.165) is 0 Å². The molecule has 0 aliphatic carbocycles. The van der Waals surface area contributed by atoms with Crippen LogP contribution in [-0.4, -0.2) is 48.5 Å². The third-order valence-electron chi connectivity index (χ3n) is 4.73. The number of hydrogen-bond acceptors (Lipinski definition) is 5. The van der Waals surface area contributed by atoms with Gasteiger partial charge in [-0.25, -0.2) is 13.2 Å². The van der Waals surface area contributed by atoms with E-state index in [1.54, 1.807) is 19.1 Å². The molecule has 2 fully saturated rings. The Bertz CT molecular complexity index is 775. The molecule has 1 aromatic carbocycles. The Balaban J connectivity index is 2.01. The average Bonchev–Trinajstić information content (AvgIpc) is 3.14. The second-order valence-electron chi connectivity index (χ2n) is 6.03. The van der Waals surface area contributed by atoms with Crippen molar-refractivity contribution < 1.29 is 27.9 Å². The quantitative estimate of drug-likeness (QED) is 0.805. The van der Waals surface area contributed by atoms with Gasteiger partial charge in [0.15, 0.2) is 0 Å². The first-order valence-corrected chi connectivity index (χ1v) is 9.34. The highest BCUT2D eigenvalue weighted by Crippen LogP contribution is 2.45. The predicted molar refractivity (Wildman–Crippen MR) is 84.0 cm³/mol. The molecule has 1 aromatic rings. The zero-order valence-corrected chi connectivity index (χ0v) is 14.0. The molecule has 0 aromatic heterocycles. The maximum absolute atomic E-state index is 13.1. The van der Waals surface area contributed by atoms with E-state index in [1.165, 1.54) is 16.4 Å². The van der Waals surface area contributed by atoms with E-state index in [9.17, 15) is 23.1 Å². The summed E-state index contributed by atoms with van der Waals surface area (Å²) in [5.74, 6) is -2.35. The molecule has 2 aliphatic rings. The van der Waals surface area contributed by atoms with Crippen molar-refractivity contribution in [1.82, 2.24) is 4.31 Å². The van der Waals surface area contributed by atoms with Crippen LogP contribution in [-0.2, 0) is 19.6 Å². The van der Waals surface area contributed by atoms with Crippen LogP contribution in [0.1, 0.15) is 36.5 Å². The number of benzene rings is 1. The number of carboxylic acids is 1. The summed E-state index contributed by atoms with van der Waals surface area (Å²) < 4.78 is 32.5. The Morgan fingerprint density at radius 3 is 2.62 bits per heavy atom. The number of hydrogen-bond donors (Lipinski definition) is 1. The van der Waals surface area contributed by atoms with Gasteiger partial charge in [-0.1, -0.05) is 12.1 Å². The van der Waals surface area contributed by atoms with Gasteiger partial charge in [-0.2, -0.15) is 4.31 Å². The first-order chi connectivity index (χ1) is 11.4. The van der Waals surface area contributed by atoms with Crippen molar-refractivity contribution in [3.05, 3.63) is 29.8 Å². The summed E-state index contributed by atoms with van der Waals surface area (Å²) in [4.78, 5) is 23.3. The van der Waals surface area contributed by atoms with E-state index in [-0.39, 0.29) is 23.1 Å². The maximum atomic E-state index is 13.1.